The fourth-order valence-corrected chi connectivity index (χ4v) is 5.10. The fourth-order valence-electron chi connectivity index (χ4n) is 3.49. The van der Waals surface area contributed by atoms with Gasteiger partial charge in [0.2, 0.25) is 0 Å². The van der Waals surface area contributed by atoms with E-state index in [0.29, 0.717) is 12.5 Å². The van der Waals surface area contributed by atoms with Gasteiger partial charge in [-0.1, -0.05) is 44.2 Å². The van der Waals surface area contributed by atoms with Crippen molar-refractivity contribution >= 4 is 48.5 Å². The van der Waals surface area contributed by atoms with Gasteiger partial charge in [-0.3, -0.25) is 0 Å². The van der Waals surface area contributed by atoms with Crippen molar-refractivity contribution < 1.29 is 4.74 Å². The van der Waals surface area contributed by atoms with Gasteiger partial charge in [-0.15, -0.1) is 11.3 Å². The molecule has 0 atom stereocenters. The zero-order valence-corrected chi connectivity index (χ0v) is 18.8. The molecule has 0 bridgehead atoms. The summed E-state index contributed by atoms with van der Waals surface area (Å²) in [6.45, 7) is 5.75. The molecule has 0 spiro atoms. The number of aromatic nitrogens is 3. The van der Waals surface area contributed by atoms with Crippen molar-refractivity contribution in [1.29, 1.82) is 0 Å². The maximum absolute atomic E-state index is 5.84. The second-order valence-electron chi connectivity index (χ2n) is 7.34. The number of hydrogen-bond acceptors (Lipinski definition) is 4. The van der Waals surface area contributed by atoms with Gasteiger partial charge >= 0.3 is 0 Å². The van der Waals surface area contributed by atoms with Crippen LogP contribution in [-0.2, 0) is 24.8 Å². The van der Waals surface area contributed by atoms with Crippen molar-refractivity contribution in [2.24, 2.45) is 7.05 Å². The highest BCUT2D eigenvalue weighted by Gasteiger charge is 2.19. The molecule has 4 rings (SSSR count). The Morgan fingerprint density at radius 3 is 2.71 bits per heavy atom. The number of nitrogens with zero attached hydrogens (tertiary/aromatic N) is 3. The Kier molecular flexibility index (Phi) is 5.80. The van der Waals surface area contributed by atoms with Gasteiger partial charge in [0.15, 0.2) is 0 Å². The predicted octanol–water partition coefficient (Wildman–Crippen LogP) is 6.22. The van der Waals surface area contributed by atoms with Crippen molar-refractivity contribution in [3.63, 3.8) is 0 Å². The summed E-state index contributed by atoms with van der Waals surface area (Å²) in [6.07, 6.45) is 1.84. The van der Waals surface area contributed by atoms with Crippen LogP contribution in [0.2, 0.25) is 0 Å². The van der Waals surface area contributed by atoms with E-state index in [1.54, 1.807) is 11.3 Å². The highest BCUT2D eigenvalue weighted by atomic mass is 79.9. The molecule has 6 heteroatoms. The van der Waals surface area contributed by atoms with Crippen LogP contribution in [0, 0.1) is 0 Å². The van der Waals surface area contributed by atoms with Gasteiger partial charge in [-0.2, -0.15) is 0 Å². The van der Waals surface area contributed by atoms with E-state index < -0.39 is 0 Å². The molecule has 28 heavy (non-hydrogen) atoms. The molecule has 0 radical (unpaired) electrons. The summed E-state index contributed by atoms with van der Waals surface area (Å²) in [7, 11) is 2.12. The molecule has 4 aromatic rings. The lowest BCUT2D eigenvalue weighted by Gasteiger charge is -2.07. The van der Waals surface area contributed by atoms with Crippen LogP contribution in [0.15, 0.2) is 40.2 Å². The number of benzene rings is 1. The zero-order valence-electron chi connectivity index (χ0n) is 16.4. The van der Waals surface area contributed by atoms with Crippen molar-refractivity contribution in [1.82, 2.24) is 14.5 Å². The molecule has 146 valence electrons. The number of fused-ring (bicyclic) bond motifs is 3. The molecule has 0 aliphatic rings. The Morgan fingerprint density at radius 1 is 1.18 bits per heavy atom. The van der Waals surface area contributed by atoms with Crippen LogP contribution in [-0.4, -0.2) is 21.1 Å². The molecule has 3 aromatic heterocycles. The number of rotatable bonds is 7. The average Bonchev–Trinajstić information content (AvgIpc) is 3.20. The summed E-state index contributed by atoms with van der Waals surface area (Å²) in [5, 5.41) is 0. The molecule has 1 aromatic carbocycles. The SMILES string of the molecule is CC(C)c1nc2cc(Br)sc2c2c1nc(CCCOCc1ccccc1)n2C. The molecule has 0 saturated carbocycles. The smallest absolute Gasteiger partial charge is 0.112 e. The number of hydrogen-bond donors (Lipinski definition) is 0. The number of ether oxygens (including phenoxy) is 1. The Hall–Kier alpha value is -1.76. The summed E-state index contributed by atoms with van der Waals surface area (Å²) < 4.78 is 10.4. The minimum Gasteiger partial charge on any atom is -0.377 e. The maximum atomic E-state index is 5.84. The maximum Gasteiger partial charge on any atom is 0.112 e. The topological polar surface area (TPSA) is 39.9 Å². The van der Waals surface area contributed by atoms with Gasteiger partial charge in [-0.05, 0) is 39.9 Å². The molecule has 0 amide bonds. The number of thiophene rings is 1. The highest BCUT2D eigenvalue weighted by Crippen LogP contribution is 2.37. The average molecular weight is 458 g/mol. The Morgan fingerprint density at radius 2 is 1.96 bits per heavy atom. The summed E-state index contributed by atoms with van der Waals surface area (Å²) in [5.41, 5.74) is 5.58. The largest absolute Gasteiger partial charge is 0.377 e. The molecule has 0 saturated heterocycles. The van der Waals surface area contributed by atoms with Crippen molar-refractivity contribution in [2.75, 3.05) is 6.61 Å². The van der Waals surface area contributed by atoms with Gasteiger partial charge in [0.05, 0.1) is 31.8 Å². The Labute approximate surface area is 177 Å². The van der Waals surface area contributed by atoms with Crippen LogP contribution < -0.4 is 0 Å². The number of aryl methyl sites for hydroxylation is 2. The number of pyridine rings is 1. The molecule has 4 nitrogen and oxygen atoms in total. The molecule has 0 N–H and O–H groups in total. The molecule has 3 heterocycles. The van der Waals surface area contributed by atoms with Crippen LogP contribution in [0.5, 0.6) is 0 Å². The van der Waals surface area contributed by atoms with E-state index in [9.17, 15) is 0 Å². The predicted molar refractivity (Wildman–Crippen MR) is 120 cm³/mol. The first kappa shape index (κ1) is 19.6. The molecule has 0 aliphatic carbocycles. The van der Waals surface area contributed by atoms with E-state index in [1.807, 2.05) is 18.2 Å². The first-order chi connectivity index (χ1) is 13.5. The summed E-state index contributed by atoms with van der Waals surface area (Å²) >= 11 is 5.34. The molecular weight excluding hydrogens is 434 g/mol. The van der Waals surface area contributed by atoms with E-state index >= 15 is 0 Å². The standard InChI is InChI=1S/C22H24BrN3OS/c1-14(2)19-20-21(22-16(24-19)12-17(23)28-22)26(3)18(25-20)10-7-11-27-13-15-8-5-4-6-9-15/h4-6,8-9,12,14H,7,10-11,13H2,1-3H3. The quantitative estimate of drug-likeness (QED) is 0.309. The van der Waals surface area contributed by atoms with Gasteiger partial charge in [0.1, 0.15) is 11.3 Å². The Balaban J connectivity index is 1.54. The molecule has 0 unspecified atom stereocenters. The zero-order chi connectivity index (χ0) is 19.7. The van der Waals surface area contributed by atoms with Gasteiger partial charge in [-0.25, -0.2) is 9.97 Å². The van der Waals surface area contributed by atoms with Gasteiger partial charge in [0.25, 0.3) is 0 Å². The van der Waals surface area contributed by atoms with Crippen molar-refractivity contribution in [3.05, 3.63) is 57.3 Å². The minimum atomic E-state index is 0.336. The second-order valence-corrected chi connectivity index (χ2v) is 9.77. The van der Waals surface area contributed by atoms with Crippen LogP contribution in [0.4, 0.5) is 0 Å². The lowest BCUT2D eigenvalue weighted by Crippen LogP contribution is -2.02. The lowest BCUT2D eigenvalue weighted by molar-refractivity contribution is 0.118. The molecule has 0 aliphatic heterocycles. The fraction of sp³-hybridized carbons (Fsp3) is 0.364. The van der Waals surface area contributed by atoms with E-state index in [-0.39, 0.29) is 0 Å². The minimum absolute atomic E-state index is 0.336. The first-order valence-corrected chi connectivity index (χ1v) is 11.2. The first-order valence-electron chi connectivity index (χ1n) is 9.60. The third kappa shape index (κ3) is 3.86. The van der Waals surface area contributed by atoms with E-state index in [1.165, 1.54) is 15.8 Å². The van der Waals surface area contributed by atoms with Gasteiger partial charge in [0, 0.05) is 20.1 Å². The third-order valence-corrected chi connectivity index (χ3v) is 6.55. The van der Waals surface area contributed by atoms with Crippen LogP contribution in [0.1, 0.15) is 43.3 Å². The van der Waals surface area contributed by atoms with Crippen LogP contribution in [0.3, 0.4) is 0 Å². The van der Waals surface area contributed by atoms with Crippen molar-refractivity contribution in [2.45, 2.75) is 39.2 Å². The summed E-state index contributed by atoms with van der Waals surface area (Å²) in [6, 6.07) is 12.4. The second kappa shape index (κ2) is 8.31. The van der Waals surface area contributed by atoms with Crippen molar-refractivity contribution in [3.8, 4) is 0 Å². The summed E-state index contributed by atoms with van der Waals surface area (Å²) in [5.74, 6) is 1.43. The third-order valence-electron chi connectivity index (χ3n) is 4.92. The van der Waals surface area contributed by atoms with E-state index in [0.717, 1.165) is 45.8 Å². The van der Waals surface area contributed by atoms with Crippen LogP contribution in [0.25, 0.3) is 21.3 Å². The lowest BCUT2D eigenvalue weighted by atomic mass is 10.1. The van der Waals surface area contributed by atoms with Crippen LogP contribution >= 0.6 is 27.3 Å². The van der Waals surface area contributed by atoms with E-state index in [4.69, 9.17) is 14.7 Å². The normalized spacial score (nSPS) is 11.9. The Bertz CT molecular complexity index is 1100. The van der Waals surface area contributed by atoms with E-state index in [2.05, 4.69) is 59.6 Å². The molecular formula is C22H24BrN3OS. The molecule has 0 fully saturated rings. The summed E-state index contributed by atoms with van der Waals surface area (Å²) in [4.78, 5) is 9.89. The number of imidazole rings is 1. The number of halogens is 1. The monoisotopic (exact) mass is 457 g/mol. The highest BCUT2D eigenvalue weighted by molar-refractivity contribution is 9.11. The van der Waals surface area contributed by atoms with Gasteiger partial charge < -0.3 is 9.30 Å².